The van der Waals surface area contributed by atoms with E-state index in [1.807, 2.05) is 11.3 Å². The van der Waals surface area contributed by atoms with Gasteiger partial charge in [0.2, 0.25) is 0 Å². The smallest absolute Gasteiger partial charge is 0.0418 e. The lowest BCUT2D eigenvalue weighted by Crippen LogP contribution is -2.10. The highest BCUT2D eigenvalue weighted by Crippen LogP contribution is 2.41. The van der Waals surface area contributed by atoms with Crippen molar-refractivity contribution in [1.29, 1.82) is 0 Å². The van der Waals surface area contributed by atoms with Crippen LogP contribution < -0.4 is 5.73 Å². The Morgan fingerprint density at radius 3 is 2.58 bits per heavy atom. The van der Waals surface area contributed by atoms with Crippen LogP contribution in [0.25, 0.3) is 0 Å². The number of thiophene rings is 1. The van der Waals surface area contributed by atoms with Crippen LogP contribution in [-0.2, 0) is 0 Å². The molecule has 1 saturated carbocycles. The van der Waals surface area contributed by atoms with E-state index in [4.69, 9.17) is 5.73 Å². The minimum Gasteiger partial charge on any atom is -0.323 e. The van der Waals surface area contributed by atoms with E-state index < -0.39 is 0 Å². The topological polar surface area (TPSA) is 26.0 Å². The van der Waals surface area contributed by atoms with E-state index in [9.17, 15) is 0 Å². The van der Waals surface area contributed by atoms with E-state index in [-0.39, 0.29) is 12.4 Å². The van der Waals surface area contributed by atoms with Crippen LogP contribution in [0, 0.1) is 12.8 Å². The molecule has 1 aliphatic carbocycles. The van der Waals surface area contributed by atoms with E-state index in [0.717, 1.165) is 5.92 Å². The summed E-state index contributed by atoms with van der Waals surface area (Å²) in [6, 6.07) is 4.65. The fourth-order valence-corrected chi connectivity index (χ4v) is 2.29. The molecule has 2 N–H and O–H groups in total. The molecule has 1 aliphatic rings. The minimum absolute atomic E-state index is 0. The van der Waals surface area contributed by atoms with Gasteiger partial charge in [-0.15, -0.1) is 23.7 Å². The second-order valence-electron chi connectivity index (χ2n) is 3.31. The standard InChI is InChI=1S/C9H13NS.ClH/c1-6-2-5-8(11-6)9(10)7-3-4-7;/h2,5,7,9H,3-4,10H2,1H3;1H/t9-;/m1./s1. The first-order valence-corrected chi connectivity index (χ1v) is 4.91. The fraction of sp³-hybridized carbons (Fsp3) is 0.556. The summed E-state index contributed by atoms with van der Waals surface area (Å²) < 4.78 is 0. The molecule has 1 heterocycles. The first-order valence-electron chi connectivity index (χ1n) is 4.09. The van der Waals surface area contributed by atoms with Crippen LogP contribution in [0.4, 0.5) is 0 Å². The van der Waals surface area contributed by atoms with Gasteiger partial charge in [0.1, 0.15) is 0 Å². The maximum absolute atomic E-state index is 6.02. The number of rotatable bonds is 2. The lowest BCUT2D eigenvalue weighted by Gasteiger charge is -2.05. The largest absolute Gasteiger partial charge is 0.323 e. The zero-order valence-corrected chi connectivity index (χ0v) is 8.75. The van der Waals surface area contributed by atoms with E-state index in [0.29, 0.717) is 6.04 Å². The minimum atomic E-state index is 0. The monoisotopic (exact) mass is 203 g/mol. The molecule has 2 rings (SSSR count). The Bertz CT molecular complexity index is 255. The predicted octanol–water partition coefficient (Wildman–Crippen LogP) is 2.89. The van der Waals surface area contributed by atoms with Crippen LogP contribution in [0.1, 0.15) is 28.6 Å². The molecular formula is C9H14ClNS. The Balaban J connectivity index is 0.000000720. The van der Waals surface area contributed by atoms with Gasteiger partial charge in [0.25, 0.3) is 0 Å². The SMILES string of the molecule is Cc1ccc([C@H](N)C2CC2)s1.Cl. The average Bonchev–Trinajstić information content (AvgIpc) is 2.74. The zero-order chi connectivity index (χ0) is 7.84. The summed E-state index contributed by atoms with van der Waals surface area (Å²) in [6.45, 7) is 2.13. The van der Waals surface area contributed by atoms with E-state index >= 15 is 0 Å². The molecule has 0 radical (unpaired) electrons. The quantitative estimate of drug-likeness (QED) is 0.786. The van der Waals surface area contributed by atoms with Gasteiger partial charge >= 0.3 is 0 Å². The van der Waals surface area contributed by atoms with Crippen LogP contribution in [0.2, 0.25) is 0 Å². The van der Waals surface area contributed by atoms with Crippen molar-refractivity contribution in [1.82, 2.24) is 0 Å². The molecule has 0 aliphatic heterocycles. The molecule has 1 aromatic heterocycles. The average molecular weight is 204 g/mol. The van der Waals surface area contributed by atoms with Gasteiger partial charge in [-0.3, -0.25) is 0 Å². The molecular weight excluding hydrogens is 190 g/mol. The molecule has 0 aromatic carbocycles. The highest BCUT2D eigenvalue weighted by Gasteiger charge is 2.30. The molecule has 1 nitrogen and oxygen atoms in total. The van der Waals surface area contributed by atoms with Gasteiger partial charge in [-0.05, 0) is 37.8 Å². The summed E-state index contributed by atoms with van der Waals surface area (Å²) in [5.74, 6) is 0.785. The van der Waals surface area contributed by atoms with Gasteiger partial charge in [0, 0.05) is 15.8 Å². The number of hydrogen-bond donors (Lipinski definition) is 1. The van der Waals surface area contributed by atoms with Crippen molar-refractivity contribution < 1.29 is 0 Å². The van der Waals surface area contributed by atoms with E-state index in [2.05, 4.69) is 19.1 Å². The normalized spacial score (nSPS) is 18.5. The fourth-order valence-electron chi connectivity index (χ4n) is 1.32. The van der Waals surface area contributed by atoms with Crippen molar-refractivity contribution in [2.45, 2.75) is 25.8 Å². The number of halogens is 1. The van der Waals surface area contributed by atoms with Crippen LogP contribution in [0.5, 0.6) is 0 Å². The van der Waals surface area contributed by atoms with Gasteiger partial charge in [0.15, 0.2) is 0 Å². The molecule has 0 saturated heterocycles. The highest BCUT2D eigenvalue weighted by atomic mass is 35.5. The Morgan fingerprint density at radius 2 is 2.17 bits per heavy atom. The van der Waals surface area contributed by atoms with Crippen molar-refractivity contribution in [3.8, 4) is 0 Å². The number of aryl methyl sites for hydroxylation is 1. The Morgan fingerprint density at radius 1 is 1.50 bits per heavy atom. The lowest BCUT2D eigenvalue weighted by atomic mass is 10.2. The third-order valence-electron chi connectivity index (χ3n) is 2.22. The summed E-state index contributed by atoms with van der Waals surface area (Å²) in [7, 11) is 0. The van der Waals surface area contributed by atoms with Crippen LogP contribution in [0.3, 0.4) is 0 Å². The third-order valence-corrected chi connectivity index (χ3v) is 3.32. The van der Waals surface area contributed by atoms with Crippen molar-refractivity contribution in [3.05, 3.63) is 21.9 Å². The first-order chi connectivity index (χ1) is 5.27. The van der Waals surface area contributed by atoms with Gasteiger partial charge in [-0.25, -0.2) is 0 Å². The summed E-state index contributed by atoms with van der Waals surface area (Å²) in [4.78, 5) is 2.74. The lowest BCUT2D eigenvalue weighted by molar-refractivity contribution is 0.645. The molecule has 12 heavy (non-hydrogen) atoms. The molecule has 1 fully saturated rings. The van der Waals surface area contributed by atoms with E-state index in [1.165, 1.54) is 22.6 Å². The predicted molar refractivity (Wildman–Crippen MR) is 56.0 cm³/mol. The first kappa shape index (κ1) is 10.0. The molecule has 68 valence electrons. The third kappa shape index (κ3) is 2.00. The van der Waals surface area contributed by atoms with Crippen molar-refractivity contribution in [2.24, 2.45) is 11.7 Å². The molecule has 0 unspecified atom stereocenters. The Labute approximate surface area is 83.4 Å². The Hall–Kier alpha value is -0.0500. The second kappa shape index (κ2) is 3.77. The van der Waals surface area contributed by atoms with Gasteiger partial charge in [-0.1, -0.05) is 0 Å². The molecule has 1 atom stereocenters. The summed E-state index contributed by atoms with van der Waals surface area (Å²) >= 11 is 1.84. The van der Waals surface area contributed by atoms with Crippen LogP contribution >= 0.6 is 23.7 Å². The van der Waals surface area contributed by atoms with Gasteiger partial charge in [-0.2, -0.15) is 0 Å². The van der Waals surface area contributed by atoms with Crippen molar-refractivity contribution in [2.75, 3.05) is 0 Å². The van der Waals surface area contributed by atoms with Crippen LogP contribution in [-0.4, -0.2) is 0 Å². The molecule has 3 heteroatoms. The van der Waals surface area contributed by atoms with Crippen LogP contribution in [0.15, 0.2) is 12.1 Å². The maximum Gasteiger partial charge on any atom is 0.0418 e. The number of nitrogens with two attached hydrogens (primary N) is 1. The molecule has 0 bridgehead atoms. The summed E-state index contributed by atoms with van der Waals surface area (Å²) in [6.07, 6.45) is 2.66. The zero-order valence-electron chi connectivity index (χ0n) is 7.12. The maximum atomic E-state index is 6.02. The second-order valence-corrected chi connectivity index (χ2v) is 4.63. The Kier molecular flexibility index (Phi) is 3.16. The van der Waals surface area contributed by atoms with Gasteiger partial charge in [0.05, 0.1) is 0 Å². The van der Waals surface area contributed by atoms with Gasteiger partial charge < -0.3 is 5.73 Å². The highest BCUT2D eigenvalue weighted by molar-refractivity contribution is 7.12. The van der Waals surface area contributed by atoms with Crippen molar-refractivity contribution >= 4 is 23.7 Å². The molecule has 0 spiro atoms. The molecule has 1 aromatic rings. The number of hydrogen-bond acceptors (Lipinski definition) is 2. The molecule has 0 amide bonds. The summed E-state index contributed by atoms with van der Waals surface area (Å²) in [5, 5.41) is 0. The van der Waals surface area contributed by atoms with E-state index in [1.54, 1.807) is 0 Å². The van der Waals surface area contributed by atoms with Crippen molar-refractivity contribution in [3.63, 3.8) is 0 Å². The summed E-state index contributed by atoms with van der Waals surface area (Å²) in [5.41, 5.74) is 6.02.